The quantitative estimate of drug-likeness (QED) is 0.848. The van der Waals surface area contributed by atoms with Gasteiger partial charge in [-0.2, -0.15) is 0 Å². The van der Waals surface area contributed by atoms with Gasteiger partial charge in [0.15, 0.2) is 0 Å². The van der Waals surface area contributed by atoms with Crippen molar-refractivity contribution in [2.24, 2.45) is 5.92 Å². The molecule has 2 aliphatic rings. The lowest BCUT2D eigenvalue weighted by Crippen LogP contribution is -2.63. The summed E-state index contributed by atoms with van der Waals surface area (Å²) < 4.78 is 0. The maximum Gasteiger partial charge on any atom is 0.246 e. The number of fused-ring (bicyclic) bond motifs is 1. The van der Waals surface area contributed by atoms with Crippen LogP contribution in [0.25, 0.3) is 0 Å². The summed E-state index contributed by atoms with van der Waals surface area (Å²) in [5.74, 6) is 0.322. The maximum atomic E-state index is 12.7. The second-order valence-electron chi connectivity index (χ2n) is 5.77. The van der Waals surface area contributed by atoms with E-state index in [4.69, 9.17) is 0 Å². The van der Waals surface area contributed by atoms with Gasteiger partial charge in [-0.1, -0.05) is 13.8 Å². The fraction of sp³-hybridized carbons (Fsp3) is 0.643. The predicted octanol–water partition coefficient (Wildman–Crippen LogP) is 1.50. The minimum absolute atomic E-state index is 0.0935. The molecule has 0 N–H and O–H groups in total. The molecule has 2 saturated heterocycles. The SMILES string of the molecule is CC(C)C1C(=O)N2CCCC2C(=O)N1Cc1nccs1. The van der Waals surface area contributed by atoms with E-state index in [9.17, 15) is 9.59 Å². The molecule has 2 amide bonds. The summed E-state index contributed by atoms with van der Waals surface area (Å²) >= 11 is 1.53. The Bertz CT molecular complexity index is 514. The molecule has 6 heteroatoms. The minimum atomic E-state index is -0.347. The Morgan fingerprint density at radius 3 is 2.85 bits per heavy atom. The summed E-state index contributed by atoms with van der Waals surface area (Å²) in [6.07, 6.45) is 3.46. The molecule has 2 atom stereocenters. The second kappa shape index (κ2) is 5.16. The molecule has 2 fully saturated rings. The Balaban J connectivity index is 1.91. The first-order chi connectivity index (χ1) is 9.59. The molecule has 0 radical (unpaired) electrons. The third-order valence-corrected chi connectivity index (χ3v) is 4.88. The van der Waals surface area contributed by atoms with E-state index in [1.54, 1.807) is 16.0 Å². The Kier molecular flexibility index (Phi) is 3.50. The van der Waals surface area contributed by atoms with Gasteiger partial charge < -0.3 is 9.80 Å². The van der Waals surface area contributed by atoms with Gasteiger partial charge in [0, 0.05) is 18.1 Å². The number of hydrogen-bond acceptors (Lipinski definition) is 4. The van der Waals surface area contributed by atoms with Gasteiger partial charge in [0.05, 0.1) is 6.54 Å². The standard InChI is InChI=1S/C14H19N3O2S/c1-9(2)12-14(19)16-6-3-4-10(16)13(18)17(12)8-11-15-5-7-20-11/h5,7,9-10,12H,3-4,6,8H2,1-2H3. The average molecular weight is 293 g/mol. The number of piperazine rings is 1. The van der Waals surface area contributed by atoms with Crippen molar-refractivity contribution in [2.75, 3.05) is 6.54 Å². The molecule has 20 heavy (non-hydrogen) atoms. The van der Waals surface area contributed by atoms with Crippen LogP contribution in [0.5, 0.6) is 0 Å². The number of hydrogen-bond donors (Lipinski definition) is 0. The van der Waals surface area contributed by atoms with E-state index in [0.29, 0.717) is 6.54 Å². The number of amides is 2. The van der Waals surface area contributed by atoms with Crippen molar-refractivity contribution in [2.45, 2.75) is 45.3 Å². The smallest absolute Gasteiger partial charge is 0.246 e. The molecular weight excluding hydrogens is 274 g/mol. The van der Waals surface area contributed by atoms with Crippen LogP contribution in [0.2, 0.25) is 0 Å². The first-order valence-electron chi connectivity index (χ1n) is 7.09. The van der Waals surface area contributed by atoms with Crippen molar-refractivity contribution < 1.29 is 9.59 Å². The molecule has 2 aliphatic heterocycles. The molecule has 3 heterocycles. The molecule has 3 rings (SSSR count). The number of carbonyl (C=O) groups excluding carboxylic acids is 2. The van der Waals surface area contributed by atoms with Gasteiger partial charge in [-0.15, -0.1) is 11.3 Å². The molecule has 2 unspecified atom stereocenters. The van der Waals surface area contributed by atoms with Gasteiger partial charge >= 0.3 is 0 Å². The summed E-state index contributed by atoms with van der Waals surface area (Å²) in [4.78, 5) is 33.1. The summed E-state index contributed by atoms with van der Waals surface area (Å²) in [6.45, 7) is 5.18. The van der Waals surface area contributed by atoms with E-state index in [0.717, 1.165) is 24.4 Å². The Morgan fingerprint density at radius 2 is 2.20 bits per heavy atom. The molecule has 0 aromatic carbocycles. The van der Waals surface area contributed by atoms with Crippen molar-refractivity contribution in [1.29, 1.82) is 0 Å². The average Bonchev–Trinajstić information content (AvgIpc) is 3.06. The van der Waals surface area contributed by atoms with Crippen LogP contribution in [-0.4, -0.2) is 45.2 Å². The predicted molar refractivity (Wildman–Crippen MR) is 76.0 cm³/mol. The van der Waals surface area contributed by atoms with E-state index in [1.807, 2.05) is 19.2 Å². The summed E-state index contributed by atoms with van der Waals surface area (Å²) in [6, 6.07) is -0.585. The molecule has 1 aromatic heterocycles. The van der Waals surface area contributed by atoms with Crippen LogP contribution in [0.4, 0.5) is 0 Å². The highest BCUT2D eigenvalue weighted by Gasteiger charge is 2.48. The Labute approximate surface area is 122 Å². The summed E-state index contributed by atoms with van der Waals surface area (Å²) in [7, 11) is 0. The molecule has 108 valence electrons. The van der Waals surface area contributed by atoms with Crippen LogP contribution in [-0.2, 0) is 16.1 Å². The van der Waals surface area contributed by atoms with Crippen LogP contribution in [0.15, 0.2) is 11.6 Å². The van der Waals surface area contributed by atoms with Gasteiger partial charge in [0.25, 0.3) is 0 Å². The summed E-state index contributed by atoms with van der Waals surface area (Å²) in [5.41, 5.74) is 0. The van der Waals surface area contributed by atoms with Crippen molar-refractivity contribution in [3.63, 3.8) is 0 Å². The van der Waals surface area contributed by atoms with Crippen molar-refractivity contribution in [3.05, 3.63) is 16.6 Å². The lowest BCUT2D eigenvalue weighted by Gasteiger charge is -2.43. The van der Waals surface area contributed by atoms with Gasteiger partial charge in [-0.25, -0.2) is 4.98 Å². The van der Waals surface area contributed by atoms with Crippen molar-refractivity contribution >= 4 is 23.2 Å². The van der Waals surface area contributed by atoms with Gasteiger partial charge in [-0.05, 0) is 18.8 Å². The first kappa shape index (κ1) is 13.5. The molecule has 0 aliphatic carbocycles. The van der Waals surface area contributed by atoms with Crippen LogP contribution in [0.1, 0.15) is 31.7 Å². The van der Waals surface area contributed by atoms with Gasteiger partial charge in [0.2, 0.25) is 11.8 Å². The van der Waals surface area contributed by atoms with Gasteiger partial charge in [-0.3, -0.25) is 9.59 Å². The molecular formula is C14H19N3O2S. The minimum Gasteiger partial charge on any atom is -0.329 e. The number of aromatic nitrogens is 1. The highest BCUT2D eigenvalue weighted by molar-refractivity contribution is 7.09. The molecule has 0 spiro atoms. The molecule has 1 aromatic rings. The normalized spacial score (nSPS) is 26.6. The van der Waals surface area contributed by atoms with E-state index >= 15 is 0 Å². The molecule has 5 nitrogen and oxygen atoms in total. The zero-order valence-corrected chi connectivity index (χ0v) is 12.6. The molecule has 0 bridgehead atoms. The zero-order valence-electron chi connectivity index (χ0n) is 11.8. The fourth-order valence-corrected chi connectivity index (χ4v) is 3.83. The largest absolute Gasteiger partial charge is 0.329 e. The van der Waals surface area contributed by atoms with Crippen LogP contribution >= 0.6 is 11.3 Å². The third-order valence-electron chi connectivity index (χ3n) is 4.11. The van der Waals surface area contributed by atoms with Crippen LogP contribution in [0, 0.1) is 5.92 Å². The van der Waals surface area contributed by atoms with Gasteiger partial charge in [0.1, 0.15) is 17.1 Å². The van der Waals surface area contributed by atoms with E-state index < -0.39 is 0 Å². The van der Waals surface area contributed by atoms with E-state index in [-0.39, 0.29) is 29.8 Å². The summed E-state index contributed by atoms with van der Waals surface area (Å²) in [5, 5.41) is 2.79. The lowest BCUT2D eigenvalue weighted by atomic mass is 9.96. The van der Waals surface area contributed by atoms with Crippen molar-refractivity contribution in [1.82, 2.24) is 14.8 Å². The fourth-order valence-electron chi connectivity index (χ4n) is 3.22. The Hall–Kier alpha value is -1.43. The first-order valence-corrected chi connectivity index (χ1v) is 7.97. The number of nitrogens with zero attached hydrogens (tertiary/aromatic N) is 3. The second-order valence-corrected chi connectivity index (χ2v) is 6.75. The monoisotopic (exact) mass is 293 g/mol. The highest BCUT2D eigenvalue weighted by atomic mass is 32.1. The van der Waals surface area contributed by atoms with E-state index in [2.05, 4.69) is 4.98 Å². The Morgan fingerprint density at radius 1 is 1.40 bits per heavy atom. The zero-order chi connectivity index (χ0) is 14.3. The number of thiazole rings is 1. The lowest BCUT2D eigenvalue weighted by molar-refractivity contribution is -0.162. The highest BCUT2D eigenvalue weighted by Crippen LogP contribution is 2.31. The number of rotatable bonds is 3. The van der Waals surface area contributed by atoms with Crippen LogP contribution in [0.3, 0.4) is 0 Å². The van der Waals surface area contributed by atoms with Crippen LogP contribution < -0.4 is 0 Å². The maximum absolute atomic E-state index is 12.7. The third kappa shape index (κ3) is 2.12. The topological polar surface area (TPSA) is 53.5 Å². The molecule has 0 saturated carbocycles. The van der Waals surface area contributed by atoms with Crippen molar-refractivity contribution in [3.8, 4) is 0 Å². The van der Waals surface area contributed by atoms with E-state index in [1.165, 1.54) is 11.3 Å². The number of carbonyl (C=O) groups is 2.